The molecule has 7 aromatic rings. The van der Waals surface area contributed by atoms with Gasteiger partial charge in [-0.1, -0.05) is 58.0 Å². The van der Waals surface area contributed by atoms with Crippen LogP contribution in [0.25, 0.3) is 66.2 Å². The summed E-state index contributed by atoms with van der Waals surface area (Å²) in [7, 11) is 0. The molecule has 174 valence electrons. The lowest BCUT2D eigenvalue weighted by molar-refractivity contribution is 1.33. The van der Waals surface area contributed by atoms with E-state index in [9.17, 15) is 0 Å². The lowest BCUT2D eigenvalue weighted by atomic mass is 10.1. The van der Waals surface area contributed by atoms with E-state index in [1.165, 1.54) is 0 Å². The first-order valence-electron chi connectivity index (χ1n) is 10.6. The van der Waals surface area contributed by atoms with Crippen molar-refractivity contribution in [3.63, 3.8) is 0 Å². The summed E-state index contributed by atoms with van der Waals surface area (Å²) in [5, 5.41) is 2.09. The second kappa shape index (κ2) is 7.81. The van der Waals surface area contributed by atoms with Gasteiger partial charge in [-0.3, -0.25) is 0 Å². The van der Waals surface area contributed by atoms with Crippen LogP contribution in [0.1, 0.15) is 5.56 Å². The molecule has 0 amide bonds. The summed E-state index contributed by atoms with van der Waals surface area (Å²) < 4.78 is 0. The van der Waals surface area contributed by atoms with Gasteiger partial charge in [0.1, 0.15) is 33.1 Å². The van der Waals surface area contributed by atoms with Gasteiger partial charge in [0.15, 0.2) is 0 Å². The minimum Gasteiger partial charge on any atom is -0.242 e. The summed E-state index contributed by atoms with van der Waals surface area (Å²) in [6.07, 6.45) is 0. The Morgan fingerprint density at radius 2 is 0.583 bits per heavy atom. The van der Waals surface area contributed by atoms with Crippen molar-refractivity contribution in [3.8, 4) is 0 Å². The van der Waals surface area contributed by atoms with Crippen LogP contribution in [0.5, 0.6) is 0 Å². The number of hydrogen-bond donors (Lipinski definition) is 0. The van der Waals surface area contributed by atoms with E-state index in [-0.39, 0.29) is 0 Å². The molecule has 0 spiro atoms. The van der Waals surface area contributed by atoms with Gasteiger partial charge in [0.05, 0.1) is 53.2 Å². The van der Waals surface area contributed by atoms with E-state index >= 15 is 0 Å². The summed E-state index contributed by atoms with van der Waals surface area (Å²) in [6.45, 7) is 1.91. The Bertz CT molecular complexity index is 1710. The SMILES string of the molecule is Cc1cc2nc3c(nc2cc1Cl)c1nc2cc(Cl)c(Cl)cc2nc1c1nc2cc(Cl)c(Cl)cc2nc31. The average Bonchev–Trinajstić information content (AvgIpc) is 2.84. The van der Waals surface area contributed by atoms with Gasteiger partial charge < -0.3 is 0 Å². The lowest BCUT2D eigenvalue weighted by Crippen LogP contribution is -1.99. The van der Waals surface area contributed by atoms with E-state index in [0.29, 0.717) is 91.3 Å². The molecule has 0 saturated heterocycles. The summed E-state index contributed by atoms with van der Waals surface area (Å²) in [4.78, 5) is 29.3. The van der Waals surface area contributed by atoms with Crippen LogP contribution < -0.4 is 0 Å². The molecule has 11 heteroatoms. The van der Waals surface area contributed by atoms with Crippen LogP contribution in [-0.4, -0.2) is 29.9 Å². The fourth-order valence-electron chi connectivity index (χ4n) is 4.28. The normalized spacial score (nSPS) is 12.2. The largest absolute Gasteiger partial charge is 0.242 e. The zero-order valence-electron chi connectivity index (χ0n) is 18.0. The van der Waals surface area contributed by atoms with Crippen molar-refractivity contribution in [2.75, 3.05) is 0 Å². The molecule has 7 rings (SSSR count). The minimum absolute atomic E-state index is 0.372. The highest BCUT2D eigenvalue weighted by Gasteiger charge is 2.20. The monoisotopic (exact) mass is 568 g/mol. The van der Waals surface area contributed by atoms with E-state index < -0.39 is 0 Å². The predicted molar refractivity (Wildman–Crippen MR) is 148 cm³/mol. The maximum absolute atomic E-state index is 6.39. The standard InChI is InChI=1S/C25H9Cl5N6/c1-8-2-14-15(3-9(8)26)32-21-20(31-14)22-24(35-17-5-11(28)10(27)4-16(17)33-22)25-23(21)34-18-6-12(29)13(30)7-19(18)36-25/h2-7H,1H3. The fraction of sp³-hybridized carbons (Fsp3) is 0.0400. The maximum Gasteiger partial charge on any atom is 0.120 e. The van der Waals surface area contributed by atoms with Gasteiger partial charge in [0, 0.05) is 5.02 Å². The first-order valence-corrected chi connectivity index (χ1v) is 12.5. The molecular formula is C25H9Cl5N6. The van der Waals surface area contributed by atoms with Crippen molar-refractivity contribution in [1.29, 1.82) is 0 Å². The zero-order chi connectivity index (χ0) is 24.9. The van der Waals surface area contributed by atoms with Gasteiger partial charge in [-0.05, 0) is 48.9 Å². The van der Waals surface area contributed by atoms with Crippen molar-refractivity contribution < 1.29 is 0 Å². The molecule has 0 saturated carbocycles. The van der Waals surface area contributed by atoms with Crippen LogP contribution in [0.3, 0.4) is 0 Å². The van der Waals surface area contributed by atoms with Crippen LogP contribution in [-0.2, 0) is 0 Å². The molecule has 3 heterocycles. The highest BCUT2D eigenvalue weighted by Crippen LogP contribution is 2.36. The minimum atomic E-state index is 0.372. The maximum atomic E-state index is 6.39. The molecule has 3 aromatic heterocycles. The lowest BCUT2D eigenvalue weighted by Gasteiger charge is -2.11. The first kappa shape index (κ1) is 22.3. The molecule has 4 aromatic carbocycles. The number of fused-ring (bicyclic) bond motifs is 9. The van der Waals surface area contributed by atoms with Gasteiger partial charge >= 0.3 is 0 Å². The highest BCUT2D eigenvalue weighted by molar-refractivity contribution is 6.43. The molecule has 0 bridgehead atoms. The Morgan fingerprint density at radius 3 is 0.861 bits per heavy atom. The summed E-state index contributed by atoms with van der Waals surface area (Å²) in [5.41, 5.74) is 7.48. The molecule has 0 radical (unpaired) electrons. The molecule has 0 aliphatic carbocycles. The Labute approximate surface area is 227 Å². The topological polar surface area (TPSA) is 77.3 Å². The number of aryl methyl sites for hydroxylation is 1. The Kier molecular flexibility index (Phi) is 4.85. The summed E-state index contributed by atoms with van der Waals surface area (Å²) >= 11 is 31.5. The molecule has 0 aliphatic rings. The molecule has 0 fully saturated rings. The smallest absolute Gasteiger partial charge is 0.120 e. The van der Waals surface area contributed by atoms with Gasteiger partial charge in [-0.15, -0.1) is 0 Å². The van der Waals surface area contributed by atoms with E-state index in [0.717, 1.165) is 5.56 Å². The Balaban J connectivity index is 1.76. The van der Waals surface area contributed by atoms with E-state index in [2.05, 4.69) is 0 Å². The number of rotatable bonds is 0. The molecule has 0 aliphatic heterocycles. The van der Waals surface area contributed by atoms with Crippen LogP contribution in [0.4, 0.5) is 0 Å². The third kappa shape index (κ3) is 3.26. The van der Waals surface area contributed by atoms with Gasteiger partial charge in [-0.25, -0.2) is 29.9 Å². The number of benzene rings is 4. The first-order chi connectivity index (χ1) is 17.3. The molecular weight excluding hydrogens is 562 g/mol. The third-order valence-corrected chi connectivity index (χ3v) is 7.88. The Hall–Kier alpha value is -2.87. The number of nitrogens with zero attached hydrogens (tertiary/aromatic N) is 6. The van der Waals surface area contributed by atoms with Gasteiger partial charge in [0.25, 0.3) is 0 Å². The third-order valence-electron chi connectivity index (χ3n) is 6.03. The highest BCUT2D eigenvalue weighted by atomic mass is 35.5. The number of halogens is 5. The molecule has 0 N–H and O–H groups in total. The second-order valence-corrected chi connectivity index (χ2v) is 10.4. The average molecular weight is 571 g/mol. The van der Waals surface area contributed by atoms with Crippen molar-refractivity contribution in [3.05, 3.63) is 67.1 Å². The van der Waals surface area contributed by atoms with E-state index in [4.69, 9.17) is 87.9 Å². The summed E-state index contributed by atoms with van der Waals surface area (Å²) in [5.74, 6) is 0. The van der Waals surface area contributed by atoms with Gasteiger partial charge in [-0.2, -0.15) is 0 Å². The van der Waals surface area contributed by atoms with Crippen LogP contribution in [0.2, 0.25) is 25.1 Å². The fourth-order valence-corrected chi connectivity index (χ4v) is 5.07. The molecule has 6 nitrogen and oxygen atoms in total. The van der Waals surface area contributed by atoms with Crippen molar-refractivity contribution in [2.45, 2.75) is 6.92 Å². The molecule has 0 unspecified atom stereocenters. The van der Waals surface area contributed by atoms with Crippen LogP contribution >= 0.6 is 58.0 Å². The molecule has 36 heavy (non-hydrogen) atoms. The number of hydrogen-bond acceptors (Lipinski definition) is 6. The quantitative estimate of drug-likeness (QED) is 0.134. The van der Waals surface area contributed by atoms with Crippen molar-refractivity contribution in [1.82, 2.24) is 29.9 Å². The summed E-state index contributed by atoms with van der Waals surface area (Å²) in [6, 6.07) is 10.4. The van der Waals surface area contributed by atoms with Crippen molar-refractivity contribution in [2.24, 2.45) is 0 Å². The van der Waals surface area contributed by atoms with E-state index in [1.807, 2.05) is 13.0 Å². The Morgan fingerprint density at radius 1 is 0.361 bits per heavy atom. The van der Waals surface area contributed by atoms with Crippen molar-refractivity contribution >= 4 is 124 Å². The second-order valence-electron chi connectivity index (χ2n) is 8.36. The number of aromatic nitrogens is 6. The van der Waals surface area contributed by atoms with Crippen LogP contribution in [0.15, 0.2) is 36.4 Å². The van der Waals surface area contributed by atoms with Gasteiger partial charge in [0.2, 0.25) is 0 Å². The van der Waals surface area contributed by atoms with Crippen LogP contribution in [0, 0.1) is 6.92 Å². The molecule has 0 atom stereocenters. The van der Waals surface area contributed by atoms with E-state index in [1.54, 1.807) is 30.3 Å². The predicted octanol–water partition coefficient (Wildman–Crippen LogP) is 8.55. The zero-order valence-corrected chi connectivity index (χ0v) is 21.8.